The first kappa shape index (κ1) is 13.9. The molecule has 0 aliphatic carbocycles. The van der Waals surface area contributed by atoms with Gasteiger partial charge < -0.3 is 15.1 Å². The molecule has 19 heavy (non-hydrogen) atoms. The fourth-order valence-corrected chi connectivity index (χ4v) is 2.49. The summed E-state index contributed by atoms with van der Waals surface area (Å²) in [6, 6.07) is 7.65. The van der Waals surface area contributed by atoms with Crippen LogP contribution < -0.4 is 5.32 Å². The van der Waals surface area contributed by atoms with Crippen LogP contribution in [0.15, 0.2) is 24.3 Å². The van der Waals surface area contributed by atoms with E-state index in [2.05, 4.69) is 10.2 Å². The van der Waals surface area contributed by atoms with Gasteiger partial charge in [0.25, 0.3) is 5.91 Å². The zero-order valence-corrected chi connectivity index (χ0v) is 11.9. The minimum atomic E-state index is 0.0872. The van der Waals surface area contributed by atoms with Gasteiger partial charge in [0.1, 0.15) is 0 Å². The van der Waals surface area contributed by atoms with Gasteiger partial charge in [0.15, 0.2) is 0 Å². The molecule has 4 nitrogen and oxygen atoms in total. The van der Waals surface area contributed by atoms with E-state index in [1.807, 2.05) is 43.3 Å². The maximum absolute atomic E-state index is 12.4. The van der Waals surface area contributed by atoms with Crippen LogP contribution in [-0.2, 0) is 0 Å². The number of nitrogens with zero attached hydrogens (tertiary/aromatic N) is 2. The Morgan fingerprint density at radius 1 is 1.32 bits per heavy atom. The molecule has 104 valence electrons. The molecule has 4 heteroatoms. The smallest absolute Gasteiger partial charge is 0.255 e. The van der Waals surface area contributed by atoms with Gasteiger partial charge in [0.05, 0.1) is 5.56 Å². The number of hydrogen-bond acceptors (Lipinski definition) is 3. The molecular weight excluding hydrogens is 238 g/mol. The van der Waals surface area contributed by atoms with Crippen molar-refractivity contribution >= 4 is 11.6 Å². The van der Waals surface area contributed by atoms with Gasteiger partial charge in [-0.1, -0.05) is 12.1 Å². The molecule has 1 heterocycles. The largest absolute Gasteiger partial charge is 0.387 e. The summed E-state index contributed by atoms with van der Waals surface area (Å²) in [4.78, 5) is 16.6. The monoisotopic (exact) mass is 261 g/mol. The van der Waals surface area contributed by atoms with Crippen molar-refractivity contribution in [3.8, 4) is 0 Å². The third-order valence-electron chi connectivity index (χ3n) is 3.72. The predicted molar refractivity (Wildman–Crippen MR) is 78.6 cm³/mol. The predicted octanol–water partition coefficient (Wildman–Crippen LogP) is 1.90. The highest BCUT2D eigenvalue weighted by atomic mass is 16.2. The maximum Gasteiger partial charge on any atom is 0.255 e. The van der Waals surface area contributed by atoms with Crippen LogP contribution >= 0.6 is 0 Å². The van der Waals surface area contributed by atoms with E-state index in [0.717, 1.165) is 24.3 Å². The Morgan fingerprint density at radius 3 is 2.68 bits per heavy atom. The summed E-state index contributed by atoms with van der Waals surface area (Å²) in [6.07, 6.45) is 2.58. The first-order valence-electron chi connectivity index (χ1n) is 6.97. The molecule has 0 saturated carbocycles. The van der Waals surface area contributed by atoms with Gasteiger partial charge in [-0.15, -0.1) is 0 Å². The van der Waals surface area contributed by atoms with Crippen LogP contribution in [-0.4, -0.2) is 56.0 Å². The standard InChI is InChI=1S/C15H23N3O/c1-16-14-8-4-3-7-13(14)15(19)17(2)11-12-18-9-5-6-10-18/h3-4,7-8,16H,5-6,9-12H2,1-2H3. The molecule has 2 rings (SSSR count). The second-order valence-corrected chi connectivity index (χ2v) is 5.07. The number of carbonyl (C=O) groups is 1. The van der Waals surface area contributed by atoms with Gasteiger partial charge in [-0.2, -0.15) is 0 Å². The minimum Gasteiger partial charge on any atom is -0.387 e. The fourth-order valence-electron chi connectivity index (χ4n) is 2.49. The average Bonchev–Trinajstić information content (AvgIpc) is 2.97. The van der Waals surface area contributed by atoms with Crippen LogP contribution in [0.3, 0.4) is 0 Å². The molecule has 0 unspecified atom stereocenters. The molecule has 0 radical (unpaired) electrons. The van der Waals surface area contributed by atoms with E-state index < -0.39 is 0 Å². The zero-order valence-electron chi connectivity index (χ0n) is 11.9. The van der Waals surface area contributed by atoms with Crippen molar-refractivity contribution in [1.29, 1.82) is 0 Å². The molecule has 1 saturated heterocycles. The maximum atomic E-state index is 12.4. The van der Waals surface area contributed by atoms with Crippen molar-refractivity contribution in [2.24, 2.45) is 0 Å². The molecular formula is C15H23N3O. The Hall–Kier alpha value is -1.55. The molecule has 0 atom stereocenters. The second-order valence-electron chi connectivity index (χ2n) is 5.07. The molecule has 0 spiro atoms. The highest BCUT2D eigenvalue weighted by Gasteiger charge is 2.17. The van der Waals surface area contributed by atoms with E-state index in [0.29, 0.717) is 0 Å². The van der Waals surface area contributed by atoms with Gasteiger partial charge >= 0.3 is 0 Å². The van der Waals surface area contributed by atoms with E-state index in [9.17, 15) is 4.79 Å². The summed E-state index contributed by atoms with van der Waals surface area (Å²) >= 11 is 0. The molecule has 1 aromatic rings. The summed E-state index contributed by atoms with van der Waals surface area (Å²) < 4.78 is 0. The Balaban J connectivity index is 1.94. The van der Waals surface area contributed by atoms with Crippen molar-refractivity contribution in [2.75, 3.05) is 45.6 Å². The summed E-state index contributed by atoms with van der Waals surface area (Å²) in [6.45, 7) is 4.12. The van der Waals surface area contributed by atoms with Crippen LogP contribution in [0.1, 0.15) is 23.2 Å². The van der Waals surface area contributed by atoms with Crippen molar-refractivity contribution in [3.63, 3.8) is 0 Å². The van der Waals surface area contributed by atoms with Crippen molar-refractivity contribution < 1.29 is 4.79 Å². The molecule has 1 aliphatic rings. The Kier molecular flexibility index (Phi) is 4.80. The normalized spacial score (nSPS) is 15.5. The van der Waals surface area contributed by atoms with E-state index in [1.54, 1.807) is 0 Å². The number of carbonyl (C=O) groups excluding carboxylic acids is 1. The van der Waals surface area contributed by atoms with Gasteiger partial charge in [0, 0.05) is 32.9 Å². The SMILES string of the molecule is CNc1ccccc1C(=O)N(C)CCN1CCCC1. The van der Waals surface area contributed by atoms with Gasteiger partial charge in [-0.25, -0.2) is 0 Å². The lowest BCUT2D eigenvalue weighted by molar-refractivity contribution is 0.0783. The molecule has 1 amide bonds. The molecule has 1 aliphatic heterocycles. The van der Waals surface area contributed by atoms with Crippen LogP contribution in [0.2, 0.25) is 0 Å². The number of hydrogen-bond donors (Lipinski definition) is 1. The third kappa shape index (κ3) is 3.47. The molecule has 0 aromatic heterocycles. The van der Waals surface area contributed by atoms with Crippen molar-refractivity contribution in [1.82, 2.24) is 9.80 Å². The van der Waals surface area contributed by atoms with Crippen LogP contribution in [0.25, 0.3) is 0 Å². The summed E-state index contributed by atoms with van der Waals surface area (Å²) in [7, 11) is 3.72. The Morgan fingerprint density at radius 2 is 2.00 bits per heavy atom. The van der Waals surface area contributed by atoms with Crippen LogP contribution in [0, 0.1) is 0 Å². The number of amides is 1. The highest BCUT2D eigenvalue weighted by Crippen LogP contribution is 2.16. The average molecular weight is 261 g/mol. The fraction of sp³-hybridized carbons (Fsp3) is 0.533. The Bertz CT molecular complexity index is 427. The van der Waals surface area contributed by atoms with Crippen molar-refractivity contribution in [3.05, 3.63) is 29.8 Å². The van der Waals surface area contributed by atoms with E-state index in [-0.39, 0.29) is 5.91 Å². The number of anilines is 1. The summed E-state index contributed by atoms with van der Waals surface area (Å²) in [5.74, 6) is 0.0872. The third-order valence-corrected chi connectivity index (χ3v) is 3.72. The van der Waals surface area contributed by atoms with Crippen LogP contribution in [0.5, 0.6) is 0 Å². The highest BCUT2D eigenvalue weighted by molar-refractivity contribution is 5.99. The molecule has 1 fully saturated rings. The van der Waals surface area contributed by atoms with Crippen molar-refractivity contribution in [2.45, 2.75) is 12.8 Å². The molecule has 1 aromatic carbocycles. The second kappa shape index (κ2) is 6.57. The number of likely N-dealkylation sites (tertiary alicyclic amines) is 1. The Labute approximate surface area is 115 Å². The number of rotatable bonds is 5. The lowest BCUT2D eigenvalue weighted by Crippen LogP contribution is -2.35. The van der Waals surface area contributed by atoms with Gasteiger partial charge in [0.2, 0.25) is 0 Å². The quantitative estimate of drug-likeness (QED) is 0.879. The number of nitrogens with one attached hydrogen (secondary N) is 1. The minimum absolute atomic E-state index is 0.0872. The van der Waals surface area contributed by atoms with Gasteiger partial charge in [-0.05, 0) is 38.1 Å². The number of benzene rings is 1. The van der Waals surface area contributed by atoms with Gasteiger partial charge in [-0.3, -0.25) is 4.79 Å². The van der Waals surface area contributed by atoms with Crippen LogP contribution in [0.4, 0.5) is 5.69 Å². The summed E-state index contributed by atoms with van der Waals surface area (Å²) in [5.41, 5.74) is 1.63. The molecule has 1 N–H and O–H groups in total. The lowest BCUT2D eigenvalue weighted by atomic mass is 10.1. The van der Waals surface area contributed by atoms with E-state index in [4.69, 9.17) is 0 Å². The zero-order chi connectivity index (χ0) is 13.7. The topological polar surface area (TPSA) is 35.6 Å². The lowest BCUT2D eigenvalue weighted by Gasteiger charge is -2.22. The first-order valence-corrected chi connectivity index (χ1v) is 6.97. The first-order chi connectivity index (χ1) is 9.22. The van der Waals surface area contributed by atoms with E-state index in [1.165, 1.54) is 25.9 Å². The van der Waals surface area contributed by atoms with E-state index >= 15 is 0 Å². The number of likely N-dealkylation sites (N-methyl/N-ethyl adjacent to an activating group) is 1. The summed E-state index contributed by atoms with van der Waals surface area (Å²) in [5, 5.41) is 3.07. The number of para-hydroxylation sites is 1. The molecule has 0 bridgehead atoms.